The number of sulfonamides is 2. The number of carbonyl (C=O) groups is 1. The Morgan fingerprint density at radius 1 is 1.00 bits per heavy atom. The highest BCUT2D eigenvalue weighted by Gasteiger charge is 2.37. The lowest BCUT2D eigenvalue weighted by atomic mass is 9.88. The van der Waals surface area contributed by atoms with Gasteiger partial charge in [0, 0.05) is 11.3 Å². The lowest BCUT2D eigenvalue weighted by molar-refractivity contribution is -0.0496. The fourth-order valence-electron chi connectivity index (χ4n) is 4.09. The lowest BCUT2D eigenvalue weighted by Crippen LogP contribution is -2.45. The van der Waals surface area contributed by atoms with Gasteiger partial charge in [-0.25, -0.2) is 26.0 Å². The Kier molecular flexibility index (Phi) is 7.80. The van der Waals surface area contributed by atoms with Gasteiger partial charge in [-0.05, 0) is 61.4 Å². The van der Waals surface area contributed by atoms with Crippen LogP contribution in [-0.4, -0.2) is 44.7 Å². The molecule has 0 aromatic heterocycles. The van der Waals surface area contributed by atoms with E-state index in [2.05, 4.69) is 10.1 Å². The lowest BCUT2D eigenvalue weighted by Gasteiger charge is -2.31. The SMILES string of the molecule is CCS(=O)(=O)N(C(=O)Nc1ccc2c(c1)C(c1cccc(F)c1)Oc1cccc(OC(F)F)c1-2)S(=O)(=O)CC. The summed E-state index contributed by atoms with van der Waals surface area (Å²) in [5, 5.41) is 2.27. The van der Waals surface area contributed by atoms with Crippen LogP contribution in [0.2, 0.25) is 0 Å². The second kappa shape index (κ2) is 10.8. The average Bonchev–Trinajstić information content (AvgIpc) is 2.87. The van der Waals surface area contributed by atoms with Crippen molar-refractivity contribution in [1.82, 2.24) is 3.71 Å². The molecule has 0 saturated heterocycles. The van der Waals surface area contributed by atoms with Crippen LogP contribution in [0.4, 0.5) is 23.7 Å². The quantitative estimate of drug-likeness (QED) is 0.391. The Labute approximate surface area is 223 Å². The van der Waals surface area contributed by atoms with Gasteiger partial charge in [0.1, 0.15) is 23.4 Å². The first kappa shape index (κ1) is 28.2. The molecule has 3 aromatic carbocycles. The minimum absolute atomic E-state index is 0.0259. The number of amides is 2. The van der Waals surface area contributed by atoms with Gasteiger partial charge in [-0.1, -0.05) is 24.3 Å². The van der Waals surface area contributed by atoms with Gasteiger partial charge in [0.25, 0.3) is 20.0 Å². The number of halogens is 3. The molecule has 39 heavy (non-hydrogen) atoms. The number of alkyl halides is 2. The topological polar surface area (TPSA) is 119 Å². The number of urea groups is 1. The number of nitrogens with one attached hydrogen (secondary N) is 1. The summed E-state index contributed by atoms with van der Waals surface area (Å²) >= 11 is 0. The minimum Gasteiger partial charge on any atom is -0.480 e. The zero-order valence-corrected chi connectivity index (χ0v) is 22.2. The van der Waals surface area contributed by atoms with Crippen molar-refractivity contribution in [2.75, 3.05) is 16.8 Å². The van der Waals surface area contributed by atoms with E-state index >= 15 is 0 Å². The highest BCUT2D eigenvalue weighted by atomic mass is 32.3. The third-order valence-corrected chi connectivity index (χ3v) is 10.0. The van der Waals surface area contributed by atoms with Crippen LogP contribution in [0.15, 0.2) is 60.7 Å². The predicted molar refractivity (Wildman–Crippen MR) is 137 cm³/mol. The van der Waals surface area contributed by atoms with Crippen LogP contribution >= 0.6 is 0 Å². The molecule has 0 fully saturated rings. The fourth-order valence-corrected chi connectivity index (χ4v) is 7.17. The first-order valence-corrected chi connectivity index (χ1v) is 14.8. The highest BCUT2D eigenvalue weighted by molar-refractivity contribution is 8.04. The Balaban J connectivity index is 1.84. The van der Waals surface area contributed by atoms with Crippen LogP contribution in [0.5, 0.6) is 11.5 Å². The van der Waals surface area contributed by atoms with Crippen LogP contribution in [0, 0.1) is 5.82 Å². The van der Waals surface area contributed by atoms with Crippen molar-refractivity contribution in [3.63, 3.8) is 0 Å². The van der Waals surface area contributed by atoms with E-state index < -0.39 is 56.1 Å². The van der Waals surface area contributed by atoms with Crippen LogP contribution in [0.25, 0.3) is 11.1 Å². The van der Waals surface area contributed by atoms with Crippen molar-refractivity contribution >= 4 is 31.8 Å². The zero-order chi connectivity index (χ0) is 28.5. The number of ether oxygens (including phenoxy) is 2. The van der Waals surface area contributed by atoms with Crippen LogP contribution in [0.1, 0.15) is 31.1 Å². The first-order chi connectivity index (χ1) is 18.4. The highest BCUT2D eigenvalue weighted by Crippen LogP contribution is 2.49. The molecule has 0 spiro atoms. The number of hydrogen-bond acceptors (Lipinski definition) is 7. The van der Waals surface area contributed by atoms with Gasteiger partial charge in [-0.2, -0.15) is 8.78 Å². The maximum atomic E-state index is 14.1. The van der Waals surface area contributed by atoms with E-state index in [0.717, 1.165) is 0 Å². The molecular weight excluding hydrogens is 561 g/mol. The van der Waals surface area contributed by atoms with Gasteiger partial charge in [0.05, 0.1) is 17.1 Å². The molecule has 0 radical (unpaired) electrons. The minimum atomic E-state index is -4.50. The van der Waals surface area contributed by atoms with Crippen LogP contribution < -0.4 is 14.8 Å². The van der Waals surface area contributed by atoms with Crippen molar-refractivity contribution < 1.29 is 44.3 Å². The maximum absolute atomic E-state index is 14.1. The van der Waals surface area contributed by atoms with E-state index in [1.54, 1.807) is 6.07 Å². The monoisotopic (exact) mass is 584 g/mol. The molecule has 3 aromatic rings. The van der Waals surface area contributed by atoms with Crippen LogP contribution in [0.3, 0.4) is 0 Å². The molecule has 4 rings (SSSR count). The van der Waals surface area contributed by atoms with E-state index in [1.807, 2.05) is 0 Å². The summed E-state index contributed by atoms with van der Waals surface area (Å²) in [4.78, 5) is 12.9. The van der Waals surface area contributed by atoms with E-state index in [9.17, 15) is 34.8 Å². The maximum Gasteiger partial charge on any atom is 0.387 e. The number of carbonyl (C=O) groups excluding carboxylic acids is 1. The second-order valence-corrected chi connectivity index (χ2v) is 12.7. The Morgan fingerprint density at radius 3 is 2.28 bits per heavy atom. The van der Waals surface area contributed by atoms with Gasteiger partial charge in [0.2, 0.25) is 0 Å². The first-order valence-electron chi connectivity index (χ1n) is 11.6. The molecule has 1 aliphatic rings. The molecular formula is C25H23F3N2O7S2. The van der Waals surface area contributed by atoms with E-state index in [0.29, 0.717) is 16.7 Å². The Morgan fingerprint density at radius 2 is 1.67 bits per heavy atom. The van der Waals surface area contributed by atoms with Crippen molar-refractivity contribution in [2.45, 2.75) is 26.6 Å². The number of rotatable bonds is 8. The fraction of sp³-hybridized carbons (Fsp3) is 0.240. The standard InChI is InChI=1S/C25H23F3N2O7S2/c1-3-38(32,33)30(39(34,35)4-2)25(31)29-17-11-12-18-19(14-17)23(15-7-5-8-16(26)13-15)36-20-9-6-10-21(22(18)20)37-24(27)28/h5-14,23-24H,3-4H2,1-2H3,(H,29,31). The normalized spacial score (nSPS) is 14.7. The molecule has 1 unspecified atom stereocenters. The van der Waals surface area contributed by atoms with E-state index in [-0.39, 0.29) is 26.5 Å². The second-order valence-electron chi connectivity index (χ2n) is 8.29. The molecule has 2 amide bonds. The van der Waals surface area contributed by atoms with Gasteiger partial charge in [-0.3, -0.25) is 0 Å². The molecule has 0 bridgehead atoms. The largest absolute Gasteiger partial charge is 0.480 e. The molecule has 9 nitrogen and oxygen atoms in total. The summed E-state index contributed by atoms with van der Waals surface area (Å²) in [6.45, 7) is -0.750. The smallest absolute Gasteiger partial charge is 0.387 e. The summed E-state index contributed by atoms with van der Waals surface area (Å²) in [6.07, 6.45) is -0.975. The summed E-state index contributed by atoms with van der Waals surface area (Å²) < 4.78 is 101. The third-order valence-electron chi connectivity index (χ3n) is 5.86. The van der Waals surface area contributed by atoms with Gasteiger partial charge < -0.3 is 14.8 Å². The molecule has 1 N–H and O–H groups in total. The van der Waals surface area contributed by atoms with Crippen LogP contribution in [-0.2, 0) is 20.0 Å². The molecule has 0 saturated carbocycles. The van der Waals surface area contributed by atoms with Crippen molar-refractivity contribution in [3.05, 3.63) is 77.6 Å². The van der Waals surface area contributed by atoms with Gasteiger partial charge in [0.15, 0.2) is 0 Å². The summed E-state index contributed by atoms with van der Waals surface area (Å²) in [7, 11) is -9.01. The summed E-state index contributed by atoms with van der Waals surface area (Å²) in [5.41, 5.74) is 1.16. The van der Waals surface area contributed by atoms with Crippen molar-refractivity contribution in [1.29, 1.82) is 0 Å². The number of benzene rings is 3. The number of fused-ring (bicyclic) bond motifs is 3. The van der Waals surface area contributed by atoms with Gasteiger partial charge in [-0.15, -0.1) is 3.71 Å². The number of anilines is 1. The molecule has 1 heterocycles. The van der Waals surface area contributed by atoms with E-state index in [4.69, 9.17) is 4.74 Å². The molecule has 1 aliphatic heterocycles. The zero-order valence-electron chi connectivity index (χ0n) is 20.6. The Bertz CT molecular complexity index is 1600. The third kappa shape index (κ3) is 5.66. The van der Waals surface area contributed by atoms with Gasteiger partial charge >= 0.3 is 12.6 Å². The van der Waals surface area contributed by atoms with Crippen molar-refractivity contribution in [2.24, 2.45) is 0 Å². The summed E-state index contributed by atoms with van der Waals surface area (Å²) in [5.74, 6) is -1.87. The molecule has 1 atom stereocenters. The average molecular weight is 585 g/mol. The number of hydrogen-bond donors (Lipinski definition) is 1. The molecule has 0 aliphatic carbocycles. The number of nitrogens with zero attached hydrogens (tertiary/aromatic N) is 1. The Hall–Kier alpha value is -3.78. The van der Waals surface area contributed by atoms with E-state index in [1.165, 1.54) is 68.4 Å². The summed E-state index contributed by atoms with van der Waals surface area (Å²) in [6, 6.07) is 12.5. The predicted octanol–water partition coefficient (Wildman–Crippen LogP) is 5.11. The molecule has 208 valence electrons. The molecule has 14 heteroatoms. The van der Waals surface area contributed by atoms with Crippen molar-refractivity contribution in [3.8, 4) is 22.6 Å².